The van der Waals surface area contributed by atoms with E-state index < -0.39 is 0 Å². The summed E-state index contributed by atoms with van der Waals surface area (Å²) in [6, 6.07) is 1.27. The van der Waals surface area contributed by atoms with E-state index in [4.69, 9.17) is 0 Å². The Morgan fingerprint density at radius 3 is 1.72 bits per heavy atom. The molecule has 0 aliphatic heterocycles. The summed E-state index contributed by atoms with van der Waals surface area (Å²) in [7, 11) is 0. The maximum Gasteiger partial charge on any atom is 0.0243 e. The van der Waals surface area contributed by atoms with Crippen molar-refractivity contribution >= 4 is 0 Å². The van der Waals surface area contributed by atoms with Crippen molar-refractivity contribution in [2.24, 2.45) is 5.92 Å². The topological polar surface area (TPSA) is 15.3 Å². The van der Waals surface area contributed by atoms with Gasteiger partial charge in [-0.15, -0.1) is 0 Å². The summed E-state index contributed by atoms with van der Waals surface area (Å²) in [5, 5.41) is 3.62. The van der Waals surface area contributed by atoms with E-state index in [1.807, 2.05) is 0 Å². The van der Waals surface area contributed by atoms with Crippen LogP contribution in [0.25, 0.3) is 0 Å². The van der Waals surface area contributed by atoms with E-state index in [2.05, 4.69) is 51.8 Å². The first-order chi connectivity index (χ1) is 8.52. The maximum absolute atomic E-state index is 3.62. The monoisotopic (exact) mass is 256 g/mol. The van der Waals surface area contributed by atoms with E-state index in [1.54, 1.807) is 0 Å². The summed E-state index contributed by atoms with van der Waals surface area (Å²) in [6.07, 6.45) is 5.25. The van der Waals surface area contributed by atoms with Crippen LogP contribution in [0.5, 0.6) is 0 Å². The number of nitrogens with zero attached hydrogens (tertiary/aromatic N) is 1. The van der Waals surface area contributed by atoms with Crippen LogP contribution in [0.2, 0.25) is 0 Å². The smallest absolute Gasteiger partial charge is 0.0243 e. The van der Waals surface area contributed by atoms with Gasteiger partial charge in [-0.2, -0.15) is 0 Å². The molecule has 0 radical (unpaired) electrons. The number of nitrogens with one attached hydrogen (secondary N) is 1. The van der Waals surface area contributed by atoms with Crippen LogP contribution in [0.3, 0.4) is 0 Å². The third kappa shape index (κ3) is 8.10. The highest BCUT2D eigenvalue weighted by atomic mass is 15.2. The molecule has 0 rings (SSSR count). The quantitative estimate of drug-likeness (QED) is 0.603. The molecule has 2 nitrogen and oxygen atoms in total. The molecule has 0 aromatic carbocycles. The Kier molecular flexibility index (Phi) is 10.8. The van der Waals surface area contributed by atoms with Crippen LogP contribution < -0.4 is 5.32 Å². The molecule has 1 unspecified atom stereocenters. The first kappa shape index (κ1) is 17.9. The molecule has 0 aliphatic rings. The first-order valence-electron chi connectivity index (χ1n) is 8.00. The lowest BCUT2D eigenvalue weighted by molar-refractivity contribution is 0.145. The van der Waals surface area contributed by atoms with Gasteiger partial charge in [0, 0.05) is 18.6 Å². The fourth-order valence-corrected chi connectivity index (χ4v) is 2.31. The molecule has 0 aromatic rings. The minimum Gasteiger partial charge on any atom is -0.313 e. The van der Waals surface area contributed by atoms with Crippen molar-refractivity contribution in [3.05, 3.63) is 0 Å². The van der Waals surface area contributed by atoms with Crippen molar-refractivity contribution in [1.29, 1.82) is 0 Å². The zero-order chi connectivity index (χ0) is 14.0. The maximum atomic E-state index is 3.62. The highest BCUT2D eigenvalue weighted by Crippen LogP contribution is 2.13. The molecule has 0 spiro atoms. The second-order valence-corrected chi connectivity index (χ2v) is 6.12. The van der Waals surface area contributed by atoms with E-state index in [9.17, 15) is 0 Å². The molecule has 0 fully saturated rings. The van der Waals surface area contributed by atoms with E-state index >= 15 is 0 Å². The average molecular weight is 256 g/mol. The molecule has 1 atom stereocenters. The van der Waals surface area contributed by atoms with E-state index in [-0.39, 0.29) is 0 Å². The van der Waals surface area contributed by atoms with Gasteiger partial charge in [0.2, 0.25) is 0 Å². The van der Waals surface area contributed by atoms with Gasteiger partial charge in [0.15, 0.2) is 0 Å². The Bertz CT molecular complexity index is 170. The fraction of sp³-hybridized carbons (Fsp3) is 1.00. The molecule has 18 heavy (non-hydrogen) atoms. The predicted molar refractivity (Wildman–Crippen MR) is 83.2 cm³/mol. The Balaban J connectivity index is 4.41. The van der Waals surface area contributed by atoms with Crippen LogP contribution in [0, 0.1) is 5.92 Å². The summed E-state index contributed by atoms with van der Waals surface area (Å²) >= 11 is 0. The molecule has 0 saturated heterocycles. The van der Waals surface area contributed by atoms with Gasteiger partial charge in [-0.05, 0) is 31.8 Å². The largest absolute Gasteiger partial charge is 0.313 e. The minimum absolute atomic E-state index is 0.588. The second-order valence-electron chi connectivity index (χ2n) is 6.12. The third-order valence-corrected chi connectivity index (χ3v) is 3.57. The summed E-state index contributed by atoms with van der Waals surface area (Å²) in [4.78, 5) is 2.72. The Morgan fingerprint density at radius 2 is 1.39 bits per heavy atom. The van der Waals surface area contributed by atoms with Crippen LogP contribution in [-0.2, 0) is 0 Å². The lowest BCUT2D eigenvalue weighted by atomic mass is 10.0. The van der Waals surface area contributed by atoms with Crippen molar-refractivity contribution in [2.45, 2.75) is 79.3 Å². The van der Waals surface area contributed by atoms with E-state index in [0.29, 0.717) is 12.1 Å². The number of rotatable bonds is 11. The van der Waals surface area contributed by atoms with Gasteiger partial charge in [0.25, 0.3) is 0 Å². The number of unbranched alkanes of at least 4 members (excludes halogenated alkanes) is 2. The lowest BCUT2D eigenvalue weighted by Gasteiger charge is -2.35. The van der Waals surface area contributed by atoms with E-state index in [0.717, 1.165) is 12.5 Å². The molecule has 2 heteroatoms. The zero-order valence-electron chi connectivity index (χ0n) is 13.6. The molecule has 0 heterocycles. The highest BCUT2D eigenvalue weighted by Gasteiger charge is 2.20. The average Bonchev–Trinajstić information content (AvgIpc) is 2.30. The van der Waals surface area contributed by atoms with Crippen molar-refractivity contribution in [2.75, 3.05) is 19.6 Å². The van der Waals surface area contributed by atoms with Crippen molar-refractivity contribution in [3.8, 4) is 0 Å². The molecular weight excluding hydrogens is 220 g/mol. The Labute approximate surface area is 116 Å². The SMILES string of the molecule is CCCCN(CCCC)C(CNC(C)C)C(C)C. The second kappa shape index (κ2) is 10.8. The number of hydrogen-bond acceptors (Lipinski definition) is 2. The molecule has 0 aromatic heterocycles. The van der Waals surface area contributed by atoms with Gasteiger partial charge in [0.1, 0.15) is 0 Å². The van der Waals surface area contributed by atoms with Crippen LogP contribution in [0.1, 0.15) is 67.2 Å². The van der Waals surface area contributed by atoms with E-state index in [1.165, 1.54) is 38.8 Å². The predicted octanol–water partition coefficient (Wildman–Crippen LogP) is 3.91. The van der Waals surface area contributed by atoms with Crippen molar-refractivity contribution in [1.82, 2.24) is 10.2 Å². The Morgan fingerprint density at radius 1 is 0.889 bits per heavy atom. The normalized spacial score (nSPS) is 13.8. The zero-order valence-corrected chi connectivity index (χ0v) is 13.6. The summed E-state index contributed by atoms with van der Waals surface area (Å²) in [5.41, 5.74) is 0. The van der Waals surface area contributed by atoms with Crippen LogP contribution in [-0.4, -0.2) is 36.6 Å². The summed E-state index contributed by atoms with van der Waals surface area (Å²) in [6.45, 7) is 17.4. The standard InChI is InChI=1S/C16H36N2/c1-7-9-11-18(12-10-8-2)16(14(3)4)13-17-15(5)6/h14-17H,7-13H2,1-6H3. The molecule has 0 aliphatic carbocycles. The highest BCUT2D eigenvalue weighted by molar-refractivity contribution is 4.78. The van der Waals surface area contributed by atoms with Gasteiger partial charge >= 0.3 is 0 Å². The third-order valence-electron chi connectivity index (χ3n) is 3.57. The van der Waals surface area contributed by atoms with Crippen LogP contribution >= 0.6 is 0 Å². The fourth-order valence-electron chi connectivity index (χ4n) is 2.31. The molecule has 110 valence electrons. The molecule has 1 N–H and O–H groups in total. The molecule has 0 bridgehead atoms. The van der Waals surface area contributed by atoms with Gasteiger partial charge < -0.3 is 5.32 Å². The summed E-state index contributed by atoms with van der Waals surface area (Å²) in [5.74, 6) is 0.727. The van der Waals surface area contributed by atoms with Gasteiger partial charge in [0.05, 0.1) is 0 Å². The van der Waals surface area contributed by atoms with Crippen LogP contribution in [0.15, 0.2) is 0 Å². The van der Waals surface area contributed by atoms with Gasteiger partial charge in [-0.1, -0.05) is 54.4 Å². The first-order valence-corrected chi connectivity index (χ1v) is 8.00. The minimum atomic E-state index is 0.588. The lowest BCUT2D eigenvalue weighted by Crippen LogP contribution is -2.47. The van der Waals surface area contributed by atoms with Crippen molar-refractivity contribution < 1.29 is 0 Å². The van der Waals surface area contributed by atoms with Crippen molar-refractivity contribution in [3.63, 3.8) is 0 Å². The molecule has 0 amide bonds. The summed E-state index contributed by atoms with van der Waals surface area (Å²) < 4.78 is 0. The molecular formula is C16H36N2. The number of hydrogen-bond donors (Lipinski definition) is 1. The molecule has 0 saturated carbocycles. The Hall–Kier alpha value is -0.0800. The van der Waals surface area contributed by atoms with Gasteiger partial charge in [-0.25, -0.2) is 0 Å². The van der Waals surface area contributed by atoms with Crippen LogP contribution in [0.4, 0.5) is 0 Å². The van der Waals surface area contributed by atoms with Gasteiger partial charge in [-0.3, -0.25) is 4.90 Å².